The topological polar surface area (TPSA) is 156 Å². The maximum atomic E-state index is 13.6. The van der Waals surface area contributed by atoms with Crippen molar-refractivity contribution in [3.63, 3.8) is 0 Å². The van der Waals surface area contributed by atoms with Gasteiger partial charge in [-0.1, -0.05) is 31.5 Å². The summed E-state index contributed by atoms with van der Waals surface area (Å²) in [7, 11) is 2.03. The van der Waals surface area contributed by atoms with Gasteiger partial charge in [-0.25, -0.2) is 0 Å². The van der Waals surface area contributed by atoms with Crippen LogP contribution in [0.15, 0.2) is 60.7 Å². The second kappa shape index (κ2) is 17.2. The minimum absolute atomic E-state index is 0.0416. The van der Waals surface area contributed by atoms with Crippen LogP contribution >= 0.6 is 0 Å². The van der Waals surface area contributed by atoms with E-state index < -0.39 is 0 Å². The Morgan fingerprint density at radius 2 is 1.70 bits per heavy atom. The highest BCUT2D eigenvalue weighted by Crippen LogP contribution is 2.33. The quantitative estimate of drug-likeness (QED) is 0.138. The Labute approximate surface area is 293 Å². The number of ether oxygens (including phenoxy) is 3. The number of hydrogen-bond donors (Lipinski definition) is 4. The summed E-state index contributed by atoms with van der Waals surface area (Å²) in [5.41, 5.74) is 9.34. The maximum Gasteiger partial charge on any atom is 0.231 e. The molecule has 3 atom stereocenters. The predicted molar refractivity (Wildman–Crippen MR) is 192 cm³/mol. The summed E-state index contributed by atoms with van der Waals surface area (Å²) in [6.45, 7) is 5.66. The van der Waals surface area contributed by atoms with Crippen LogP contribution in [-0.4, -0.2) is 78.3 Å². The number of hydrogen-bond acceptors (Lipinski definition) is 9. The van der Waals surface area contributed by atoms with E-state index in [9.17, 15) is 19.5 Å². The van der Waals surface area contributed by atoms with Crippen LogP contribution in [0, 0.1) is 5.92 Å². The van der Waals surface area contributed by atoms with Crippen LogP contribution in [0.2, 0.25) is 0 Å². The molecule has 5 N–H and O–H groups in total. The number of carbonyl (C=O) groups is 3. The lowest BCUT2D eigenvalue weighted by molar-refractivity contribution is -0.134. The van der Waals surface area contributed by atoms with Crippen molar-refractivity contribution in [2.24, 2.45) is 5.92 Å². The highest BCUT2D eigenvalue weighted by atomic mass is 16.7. The molecule has 2 heterocycles. The number of benzene rings is 3. The SMILES string of the molecule is C[C@@H]1CN([C@@H](C)CO)C(=O)Cc2cc(NC(=O)CCCCCC(=O)Nc3ccccc3N)ccc2O[C@H]1CN(C)Cc1ccc2c(c1)OCO2. The first-order valence-corrected chi connectivity index (χ1v) is 17.3. The van der Waals surface area contributed by atoms with Gasteiger partial charge in [-0.2, -0.15) is 0 Å². The van der Waals surface area contributed by atoms with Gasteiger partial charge in [0.1, 0.15) is 11.9 Å². The monoisotopic (exact) mass is 687 g/mol. The van der Waals surface area contributed by atoms with Crippen molar-refractivity contribution in [2.75, 3.05) is 49.9 Å². The molecule has 0 saturated heterocycles. The van der Waals surface area contributed by atoms with Crippen LogP contribution in [0.25, 0.3) is 0 Å². The first-order valence-electron chi connectivity index (χ1n) is 17.3. The molecule has 268 valence electrons. The van der Waals surface area contributed by atoms with Crippen LogP contribution in [0.4, 0.5) is 17.1 Å². The number of nitrogens with zero attached hydrogens (tertiary/aromatic N) is 2. The molecule has 0 saturated carbocycles. The lowest BCUT2D eigenvalue weighted by Crippen LogP contribution is -2.47. The minimum Gasteiger partial charge on any atom is -0.488 e. The number of nitrogens with two attached hydrogens (primary N) is 1. The third-order valence-electron chi connectivity index (χ3n) is 9.12. The minimum atomic E-state index is -0.357. The van der Waals surface area contributed by atoms with E-state index in [0.29, 0.717) is 73.7 Å². The number of likely N-dealkylation sites (N-methyl/N-ethyl adjacent to an activating group) is 1. The Morgan fingerprint density at radius 1 is 0.980 bits per heavy atom. The molecule has 0 bridgehead atoms. The van der Waals surface area contributed by atoms with Gasteiger partial charge in [-0.05, 0) is 74.8 Å². The number of nitrogen functional groups attached to an aromatic ring is 1. The molecular formula is C38H49N5O7. The lowest BCUT2D eigenvalue weighted by Gasteiger charge is -2.34. The summed E-state index contributed by atoms with van der Waals surface area (Å²) in [4.78, 5) is 42.6. The summed E-state index contributed by atoms with van der Waals surface area (Å²) in [5.74, 6) is 1.67. The molecule has 2 aliphatic rings. The fourth-order valence-electron chi connectivity index (χ4n) is 6.24. The zero-order valence-corrected chi connectivity index (χ0v) is 29.2. The van der Waals surface area contributed by atoms with Crippen LogP contribution in [0.3, 0.4) is 0 Å². The van der Waals surface area contributed by atoms with E-state index in [4.69, 9.17) is 19.9 Å². The first-order chi connectivity index (χ1) is 24.1. The van der Waals surface area contributed by atoms with Crippen molar-refractivity contribution in [1.29, 1.82) is 0 Å². The van der Waals surface area contributed by atoms with Gasteiger partial charge in [-0.3, -0.25) is 19.3 Å². The van der Waals surface area contributed by atoms with Crippen LogP contribution in [0.1, 0.15) is 57.1 Å². The van der Waals surface area contributed by atoms with Crippen molar-refractivity contribution in [1.82, 2.24) is 9.80 Å². The number of nitrogens with one attached hydrogen (secondary N) is 2. The predicted octanol–water partition coefficient (Wildman–Crippen LogP) is 4.81. The average Bonchev–Trinajstić information content (AvgIpc) is 3.57. The van der Waals surface area contributed by atoms with E-state index in [2.05, 4.69) is 22.5 Å². The number of anilines is 3. The molecule has 5 rings (SSSR count). The lowest BCUT2D eigenvalue weighted by atomic mass is 10.0. The summed E-state index contributed by atoms with van der Waals surface area (Å²) >= 11 is 0. The van der Waals surface area contributed by atoms with Crippen molar-refractivity contribution in [2.45, 2.75) is 71.1 Å². The molecule has 3 amide bonds. The molecule has 2 aliphatic heterocycles. The number of carbonyl (C=O) groups excluding carboxylic acids is 3. The molecule has 0 unspecified atom stereocenters. The number of aliphatic hydroxyl groups excluding tert-OH is 1. The number of para-hydroxylation sites is 2. The van der Waals surface area contributed by atoms with Gasteiger partial charge >= 0.3 is 0 Å². The van der Waals surface area contributed by atoms with Gasteiger partial charge in [0.25, 0.3) is 0 Å². The third kappa shape index (κ3) is 9.88. The van der Waals surface area contributed by atoms with Crippen LogP contribution in [0.5, 0.6) is 17.2 Å². The van der Waals surface area contributed by atoms with Gasteiger partial charge < -0.3 is 40.6 Å². The van der Waals surface area contributed by atoms with Gasteiger partial charge in [0.05, 0.1) is 30.4 Å². The molecule has 50 heavy (non-hydrogen) atoms. The Hall–Kier alpha value is -4.81. The van der Waals surface area contributed by atoms with Crippen LogP contribution < -0.4 is 30.6 Å². The molecule has 0 aromatic heterocycles. The van der Waals surface area contributed by atoms with E-state index in [1.807, 2.05) is 50.4 Å². The molecule has 0 radical (unpaired) electrons. The summed E-state index contributed by atoms with van der Waals surface area (Å²) in [5, 5.41) is 15.8. The number of aliphatic hydroxyl groups is 1. The number of amides is 3. The highest BCUT2D eigenvalue weighted by Gasteiger charge is 2.31. The van der Waals surface area contributed by atoms with Crippen molar-refractivity contribution >= 4 is 34.8 Å². The Morgan fingerprint density at radius 3 is 2.46 bits per heavy atom. The fourth-order valence-corrected chi connectivity index (χ4v) is 6.24. The molecule has 3 aromatic carbocycles. The summed E-state index contributed by atoms with van der Waals surface area (Å²) < 4.78 is 17.7. The Kier molecular flexibility index (Phi) is 12.6. The molecule has 12 heteroatoms. The third-order valence-corrected chi connectivity index (χ3v) is 9.12. The number of rotatable bonds is 14. The van der Waals surface area contributed by atoms with E-state index in [-0.39, 0.29) is 55.6 Å². The van der Waals surface area contributed by atoms with Gasteiger partial charge in [-0.15, -0.1) is 0 Å². The van der Waals surface area contributed by atoms with Crippen molar-refractivity contribution < 1.29 is 33.7 Å². The molecular weight excluding hydrogens is 638 g/mol. The average molecular weight is 688 g/mol. The van der Waals surface area contributed by atoms with E-state index in [1.165, 1.54) is 0 Å². The first kappa shape index (κ1) is 36.5. The van der Waals surface area contributed by atoms with Gasteiger partial charge in [0.15, 0.2) is 11.5 Å². The zero-order valence-electron chi connectivity index (χ0n) is 29.2. The summed E-state index contributed by atoms with van der Waals surface area (Å²) in [6.07, 6.45) is 2.46. The fraction of sp³-hybridized carbons (Fsp3) is 0.447. The maximum absolute atomic E-state index is 13.6. The molecule has 0 aliphatic carbocycles. The van der Waals surface area contributed by atoms with Crippen LogP contribution in [-0.2, 0) is 27.3 Å². The second-order valence-electron chi connectivity index (χ2n) is 13.3. The van der Waals surface area contributed by atoms with E-state index in [0.717, 1.165) is 23.5 Å². The van der Waals surface area contributed by atoms with Gasteiger partial charge in [0, 0.05) is 49.6 Å². The summed E-state index contributed by atoms with van der Waals surface area (Å²) in [6, 6.07) is 18.1. The molecule has 0 spiro atoms. The Balaban J connectivity index is 1.19. The Bertz CT molecular complexity index is 1650. The molecule has 0 fully saturated rings. The smallest absolute Gasteiger partial charge is 0.231 e. The number of fused-ring (bicyclic) bond motifs is 2. The molecule has 3 aromatic rings. The second-order valence-corrected chi connectivity index (χ2v) is 13.3. The normalized spacial score (nSPS) is 17.6. The van der Waals surface area contributed by atoms with E-state index >= 15 is 0 Å². The van der Waals surface area contributed by atoms with Crippen molar-refractivity contribution in [3.05, 3.63) is 71.8 Å². The largest absolute Gasteiger partial charge is 0.488 e. The standard InChI is InChI=1S/C38H49N5O7/c1-25-20-43(26(2)23-44)38(47)19-28-18-29(40-36(45)11-5-4-6-12-37(46)41-31-10-8-7-9-30(31)39)14-16-32(28)50-35(25)22-42(3)21-27-13-15-33-34(17-27)49-24-48-33/h7-10,13-18,25-26,35,44H,4-6,11-12,19-24,39H2,1-3H3,(H,40,45)(H,41,46)/t25-,26+,35+/m1/s1. The highest BCUT2D eigenvalue weighted by molar-refractivity contribution is 5.94. The number of unbranched alkanes of at least 4 members (excludes halogenated alkanes) is 2. The van der Waals surface area contributed by atoms with Crippen molar-refractivity contribution in [3.8, 4) is 17.2 Å². The van der Waals surface area contributed by atoms with Gasteiger partial charge in [0.2, 0.25) is 24.5 Å². The van der Waals surface area contributed by atoms with E-state index in [1.54, 1.807) is 29.2 Å². The zero-order chi connectivity index (χ0) is 35.6. The molecule has 12 nitrogen and oxygen atoms in total.